The van der Waals surface area contributed by atoms with Crippen molar-refractivity contribution in [3.8, 4) is 6.07 Å². The molecular weight excluding hydrogens is 438 g/mol. The molecule has 1 amide bonds. The molecule has 2 aliphatic heterocycles. The SMILES string of the molecule is CC(C)(C)OC(=O)N(C1CC1)C1CCN(C2(CC#N)CN(S(N)=O)C2)CC1.c1ccccc1. The van der Waals surface area contributed by atoms with E-state index >= 15 is 0 Å². The number of hydrogen-bond donors (Lipinski definition) is 1. The van der Waals surface area contributed by atoms with Crippen LogP contribution in [0.4, 0.5) is 4.79 Å². The van der Waals surface area contributed by atoms with Gasteiger partial charge >= 0.3 is 6.09 Å². The molecule has 1 aromatic carbocycles. The minimum atomic E-state index is -1.48. The fraction of sp³-hybridized carbons (Fsp3) is 0.667. The molecule has 9 heteroatoms. The molecule has 8 nitrogen and oxygen atoms in total. The van der Waals surface area contributed by atoms with Crippen molar-refractivity contribution >= 4 is 17.3 Å². The Morgan fingerprint density at radius 1 is 1.09 bits per heavy atom. The number of likely N-dealkylation sites (tertiary alicyclic amines) is 1. The lowest BCUT2D eigenvalue weighted by Crippen LogP contribution is -2.72. The molecule has 1 saturated carbocycles. The maximum atomic E-state index is 12.7. The molecule has 1 aliphatic carbocycles. The number of rotatable bonds is 5. The van der Waals surface area contributed by atoms with Gasteiger partial charge in [-0.15, -0.1) is 0 Å². The Kier molecular flexibility index (Phi) is 8.51. The average molecular weight is 476 g/mol. The lowest BCUT2D eigenvalue weighted by Gasteiger charge is -2.55. The Hall–Kier alpha value is -1.99. The van der Waals surface area contributed by atoms with E-state index in [9.17, 15) is 14.3 Å². The van der Waals surface area contributed by atoms with Gasteiger partial charge in [0.15, 0.2) is 11.2 Å². The van der Waals surface area contributed by atoms with E-state index in [-0.39, 0.29) is 17.7 Å². The largest absolute Gasteiger partial charge is 0.444 e. The smallest absolute Gasteiger partial charge is 0.410 e. The highest BCUT2D eigenvalue weighted by molar-refractivity contribution is 7.80. The Morgan fingerprint density at radius 3 is 1.97 bits per heavy atom. The molecule has 0 bridgehead atoms. The van der Waals surface area contributed by atoms with E-state index in [1.807, 2.05) is 62.1 Å². The maximum Gasteiger partial charge on any atom is 0.410 e. The number of nitrogens with two attached hydrogens (primary N) is 1. The number of nitrogens with zero attached hydrogens (tertiary/aromatic N) is 4. The number of benzene rings is 1. The second-order valence-electron chi connectivity index (χ2n) is 10.1. The molecule has 0 spiro atoms. The van der Waals surface area contributed by atoms with Gasteiger partial charge in [-0.05, 0) is 46.5 Å². The number of carbonyl (C=O) groups is 1. The van der Waals surface area contributed by atoms with Gasteiger partial charge in [-0.2, -0.15) is 5.26 Å². The third-order valence-electron chi connectivity index (χ3n) is 6.34. The van der Waals surface area contributed by atoms with Crippen molar-refractivity contribution in [2.75, 3.05) is 26.2 Å². The first kappa shape index (κ1) is 25.6. The summed E-state index contributed by atoms with van der Waals surface area (Å²) in [5, 5.41) is 14.7. The van der Waals surface area contributed by atoms with Crippen LogP contribution in [-0.4, -0.2) is 73.8 Å². The summed E-state index contributed by atoms with van der Waals surface area (Å²) in [6, 6.07) is 14.8. The Balaban J connectivity index is 0.000000442. The van der Waals surface area contributed by atoms with E-state index in [1.165, 1.54) is 0 Å². The molecule has 1 unspecified atom stereocenters. The van der Waals surface area contributed by atoms with Gasteiger partial charge in [-0.25, -0.2) is 18.4 Å². The van der Waals surface area contributed by atoms with Crippen LogP contribution in [0.5, 0.6) is 0 Å². The summed E-state index contributed by atoms with van der Waals surface area (Å²) in [6.45, 7) is 8.46. The van der Waals surface area contributed by atoms with Gasteiger partial charge < -0.3 is 9.64 Å². The van der Waals surface area contributed by atoms with E-state index in [2.05, 4.69) is 11.0 Å². The number of amides is 1. The summed E-state index contributed by atoms with van der Waals surface area (Å²) >= 11 is -1.48. The molecule has 4 rings (SSSR count). The van der Waals surface area contributed by atoms with Crippen molar-refractivity contribution < 1.29 is 13.7 Å². The first-order chi connectivity index (χ1) is 15.6. The van der Waals surface area contributed by atoms with Crippen LogP contribution < -0.4 is 5.14 Å². The van der Waals surface area contributed by atoms with Gasteiger partial charge in [0.2, 0.25) is 0 Å². The minimum Gasteiger partial charge on any atom is -0.444 e. The zero-order valence-corrected chi connectivity index (χ0v) is 20.8. The maximum absolute atomic E-state index is 12.7. The second kappa shape index (κ2) is 11.0. The molecular formula is C24H37N5O3S. The van der Waals surface area contributed by atoms with Crippen LogP contribution in [0.15, 0.2) is 36.4 Å². The molecule has 0 aromatic heterocycles. The van der Waals surface area contributed by atoms with Crippen molar-refractivity contribution in [2.24, 2.45) is 5.14 Å². The Bertz CT molecular complexity index is 809. The average Bonchev–Trinajstić information content (AvgIpc) is 3.56. The van der Waals surface area contributed by atoms with Crippen molar-refractivity contribution in [1.82, 2.24) is 14.1 Å². The number of carbonyl (C=O) groups excluding carboxylic acids is 1. The van der Waals surface area contributed by atoms with E-state index in [0.717, 1.165) is 38.8 Å². The molecule has 0 radical (unpaired) electrons. The third-order valence-corrected chi connectivity index (χ3v) is 7.11. The number of nitriles is 1. The number of hydrogen-bond acceptors (Lipinski definition) is 5. The summed E-state index contributed by atoms with van der Waals surface area (Å²) in [7, 11) is 0. The third kappa shape index (κ3) is 7.00. The van der Waals surface area contributed by atoms with Crippen LogP contribution in [-0.2, 0) is 15.9 Å². The molecule has 2 heterocycles. The van der Waals surface area contributed by atoms with Crippen LogP contribution >= 0.6 is 0 Å². The fourth-order valence-electron chi connectivity index (χ4n) is 4.58. The van der Waals surface area contributed by atoms with Gasteiger partial charge in [0, 0.05) is 38.3 Å². The van der Waals surface area contributed by atoms with E-state index in [4.69, 9.17) is 9.88 Å². The van der Waals surface area contributed by atoms with E-state index in [1.54, 1.807) is 4.31 Å². The molecule has 3 fully saturated rings. The van der Waals surface area contributed by atoms with Crippen LogP contribution in [0.2, 0.25) is 0 Å². The zero-order valence-electron chi connectivity index (χ0n) is 20.0. The summed E-state index contributed by atoms with van der Waals surface area (Å²) in [6.07, 6.45) is 4.04. The predicted octanol–water partition coefficient (Wildman–Crippen LogP) is 3.04. The summed E-state index contributed by atoms with van der Waals surface area (Å²) in [4.78, 5) is 17.0. The summed E-state index contributed by atoms with van der Waals surface area (Å²) in [5.74, 6) is 0. The van der Waals surface area contributed by atoms with Gasteiger partial charge in [-0.3, -0.25) is 4.90 Å². The lowest BCUT2D eigenvalue weighted by atomic mass is 9.84. The highest BCUT2D eigenvalue weighted by Gasteiger charge is 2.51. The van der Waals surface area contributed by atoms with E-state index in [0.29, 0.717) is 25.6 Å². The van der Waals surface area contributed by atoms with E-state index < -0.39 is 16.8 Å². The highest BCUT2D eigenvalue weighted by Crippen LogP contribution is 2.37. The standard InChI is InChI=1S/C18H31N5O3S.C6H6/c1-17(2,3)26-16(24)23(14-4-5-14)15-6-10-21(11-7-15)18(8-9-19)12-22(13-18)27(20)25;1-2-4-6-5-3-1/h14-15H,4-8,10-13,20H2,1-3H3;1-6H. The quantitative estimate of drug-likeness (QED) is 0.705. The zero-order chi connectivity index (χ0) is 24.1. The molecule has 1 aromatic rings. The molecule has 2 N–H and O–H groups in total. The fourth-order valence-corrected chi connectivity index (χ4v) is 5.31. The Morgan fingerprint density at radius 2 is 1.58 bits per heavy atom. The van der Waals surface area contributed by atoms with Crippen LogP contribution in [0, 0.1) is 11.3 Å². The van der Waals surface area contributed by atoms with Gasteiger partial charge in [0.05, 0.1) is 18.0 Å². The van der Waals surface area contributed by atoms with Crippen LogP contribution in [0.3, 0.4) is 0 Å². The summed E-state index contributed by atoms with van der Waals surface area (Å²) < 4.78 is 18.8. The molecule has 33 heavy (non-hydrogen) atoms. The number of piperidine rings is 1. The molecule has 1 atom stereocenters. The van der Waals surface area contributed by atoms with Crippen molar-refractivity contribution in [3.05, 3.63) is 36.4 Å². The van der Waals surface area contributed by atoms with Gasteiger partial charge in [0.1, 0.15) is 5.60 Å². The predicted molar refractivity (Wildman–Crippen MR) is 129 cm³/mol. The monoisotopic (exact) mass is 475 g/mol. The first-order valence-electron chi connectivity index (χ1n) is 11.7. The first-order valence-corrected chi connectivity index (χ1v) is 12.9. The molecule has 182 valence electrons. The van der Waals surface area contributed by atoms with Crippen LogP contribution in [0.25, 0.3) is 0 Å². The Labute approximate surface area is 200 Å². The van der Waals surface area contributed by atoms with Crippen molar-refractivity contribution in [2.45, 2.75) is 76.1 Å². The number of ether oxygens (including phenoxy) is 1. The minimum absolute atomic E-state index is 0.183. The lowest BCUT2D eigenvalue weighted by molar-refractivity contribution is -0.0394. The van der Waals surface area contributed by atoms with Gasteiger partial charge in [0.25, 0.3) is 0 Å². The molecule has 3 aliphatic rings. The highest BCUT2D eigenvalue weighted by atomic mass is 32.2. The second-order valence-corrected chi connectivity index (χ2v) is 11.2. The normalized spacial score (nSPS) is 22.2. The summed E-state index contributed by atoms with van der Waals surface area (Å²) in [5.41, 5.74) is -0.750. The van der Waals surface area contributed by atoms with Crippen LogP contribution in [0.1, 0.15) is 52.9 Å². The van der Waals surface area contributed by atoms with Crippen molar-refractivity contribution in [1.29, 1.82) is 5.26 Å². The van der Waals surface area contributed by atoms with Crippen molar-refractivity contribution in [3.63, 3.8) is 0 Å². The van der Waals surface area contributed by atoms with Gasteiger partial charge in [-0.1, -0.05) is 36.4 Å². The molecule has 2 saturated heterocycles. The topological polar surface area (TPSA) is 103 Å².